The van der Waals surface area contributed by atoms with Gasteiger partial charge in [-0.25, -0.2) is 0 Å². The van der Waals surface area contributed by atoms with E-state index in [-0.39, 0.29) is 6.10 Å². The van der Waals surface area contributed by atoms with Gasteiger partial charge in [0.05, 0.1) is 24.5 Å². The fraction of sp³-hybridized carbons (Fsp3) is 0.276. The molecule has 0 unspecified atom stereocenters. The van der Waals surface area contributed by atoms with Gasteiger partial charge in [0.1, 0.15) is 12.4 Å². The number of rotatable bonds is 9. The van der Waals surface area contributed by atoms with Gasteiger partial charge >= 0.3 is 0 Å². The maximum atomic E-state index is 9.96. The summed E-state index contributed by atoms with van der Waals surface area (Å²) in [6, 6.07) is 21.7. The van der Waals surface area contributed by atoms with Gasteiger partial charge in [-0.3, -0.25) is 0 Å². The molecule has 1 aliphatic heterocycles. The molecule has 38 heavy (non-hydrogen) atoms. The number of piperidine rings is 1. The number of hydrogen-bond acceptors (Lipinski definition) is 8. The second-order valence-electron chi connectivity index (χ2n) is 9.21. The fourth-order valence-corrected chi connectivity index (χ4v) is 4.75. The fourth-order valence-electron chi connectivity index (χ4n) is 4.47. The van der Waals surface area contributed by atoms with Crippen LogP contribution in [0.4, 0.5) is 11.6 Å². The van der Waals surface area contributed by atoms with Crippen molar-refractivity contribution in [3.63, 3.8) is 0 Å². The summed E-state index contributed by atoms with van der Waals surface area (Å²) in [6.45, 7) is 2.39. The molecular formula is C29H30ClN5O3. The molecular weight excluding hydrogens is 502 g/mol. The second kappa shape index (κ2) is 12.1. The van der Waals surface area contributed by atoms with E-state index in [0.29, 0.717) is 42.6 Å². The van der Waals surface area contributed by atoms with Crippen LogP contribution >= 0.6 is 11.6 Å². The first kappa shape index (κ1) is 25.8. The first-order valence-corrected chi connectivity index (χ1v) is 13.0. The molecule has 3 aromatic carbocycles. The summed E-state index contributed by atoms with van der Waals surface area (Å²) in [6.07, 6.45) is 2.86. The highest BCUT2D eigenvalue weighted by Crippen LogP contribution is 2.32. The van der Waals surface area contributed by atoms with Gasteiger partial charge in [0.15, 0.2) is 11.6 Å². The highest BCUT2D eigenvalue weighted by Gasteiger charge is 2.21. The van der Waals surface area contributed by atoms with E-state index in [0.717, 1.165) is 46.4 Å². The molecule has 0 saturated carbocycles. The van der Waals surface area contributed by atoms with Gasteiger partial charge in [0.25, 0.3) is 0 Å². The van der Waals surface area contributed by atoms with Gasteiger partial charge in [-0.2, -0.15) is 0 Å². The molecule has 196 valence electrons. The molecule has 1 aliphatic rings. The molecule has 0 spiro atoms. The average molecular weight is 532 g/mol. The molecule has 1 saturated heterocycles. The van der Waals surface area contributed by atoms with E-state index in [4.69, 9.17) is 21.2 Å². The lowest BCUT2D eigenvalue weighted by atomic mass is 10.1. The number of hydrogen-bond donors (Lipinski definition) is 2. The maximum absolute atomic E-state index is 9.96. The Morgan fingerprint density at radius 3 is 2.61 bits per heavy atom. The Morgan fingerprint density at radius 2 is 1.84 bits per heavy atom. The summed E-state index contributed by atoms with van der Waals surface area (Å²) < 4.78 is 5.26. The van der Waals surface area contributed by atoms with Crippen molar-refractivity contribution in [2.75, 3.05) is 30.4 Å². The summed E-state index contributed by atoms with van der Waals surface area (Å²) in [5.41, 5.74) is 2.93. The number of fused-ring (bicyclic) bond motifs is 1. The van der Waals surface area contributed by atoms with Gasteiger partial charge in [0.2, 0.25) is 0 Å². The van der Waals surface area contributed by atoms with E-state index < -0.39 is 0 Å². The number of methoxy groups -OCH3 is 1. The zero-order valence-corrected chi connectivity index (χ0v) is 21.9. The predicted molar refractivity (Wildman–Crippen MR) is 151 cm³/mol. The summed E-state index contributed by atoms with van der Waals surface area (Å²) >= 11 is 6.31. The molecule has 8 nitrogen and oxygen atoms in total. The molecule has 0 amide bonds. The normalized spacial score (nSPS) is 14.2. The highest BCUT2D eigenvalue weighted by atomic mass is 35.5. The van der Waals surface area contributed by atoms with Crippen LogP contribution in [0.3, 0.4) is 0 Å². The Labute approximate surface area is 226 Å². The summed E-state index contributed by atoms with van der Waals surface area (Å²) in [7, 11) is 1.60. The van der Waals surface area contributed by atoms with Crippen LogP contribution in [-0.4, -0.2) is 47.8 Å². The molecule has 2 N–H and O–H groups in total. The Morgan fingerprint density at radius 1 is 1.03 bits per heavy atom. The van der Waals surface area contributed by atoms with Crippen LogP contribution in [0.25, 0.3) is 10.8 Å². The number of aliphatic hydroxyl groups is 1. The van der Waals surface area contributed by atoms with Crippen LogP contribution < -0.4 is 15.0 Å². The van der Waals surface area contributed by atoms with Crippen molar-refractivity contribution in [2.24, 2.45) is 5.16 Å². The molecule has 0 aliphatic carbocycles. The van der Waals surface area contributed by atoms with Crippen LogP contribution in [-0.2, 0) is 18.0 Å². The van der Waals surface area contributed by atoms with E-state index in [2.05, 4.69) is 25.6 Å². The van der Waals surface area contributed by atoms with E-state index in [1.807, 2.05) is 66.7 Å². The Hall–Kier alpha value is -3.88. The summed E-state index contributed by atoms with van der Waals surface area (Å²) in [4.78, 5) is 7.69. The third-order valence-electron chi connectivity index (χ3n) is 6.57. The van der Waals surface area contributed by atoms with Gasteiger partial charge in [-0.1, -0.05) is 59.2 Å². The molecule has 1 aromatic heterocycles. The quantitative estimate of drug-likeness (QED) is 0.220. The monoisotopic (exact) mass is 531 g/mol. The van der Waals surface area contributed by atoms with Crippen molar-refractivity contribution in [2.45, 2.75) is 32.1 Å². The SMILES string of the molecule is COc1ccc(CNc2nnc(N3CCC(O)CC3)c3ccc(/C=N/OCc4ccccc4)cc23)cc1Cl. The Balaban J connectivity index is 1.40. The largest absolute Gasteiger partial charge is 0.495 e. The second-order valence-corrected chi connectivity index (χ2v) is 9.62. The van der Waals surface area contributed by atoms with E-state index in [1.54, 1.807) is 13.3 Å². The lowest BCUT2D eigenvalue weighted by Crippen LogP contribution is -2.36. The molecule has 0 atom stereocenters. The number of benzene rings is 3. The maximum Gasteiger partial charge on any atom is 0.159 e. The lowest BCUT2D eigenvalue weighted by molar-refractivity contribution is 0.132. The van der Waals surface area contributed by atoms with Crippen molar-refractivity contribution in [3.8, 4) is 5.75 Å². The van der Waals surface area contributed by atoms with Crippen LogP contribution in [0, 0.1) is 0 Å². The summed E-state index contributed by atoms with van der Waals surface area (Å²) in [5, 5.41) is 29.1. The molecule has 0 radical (unpaired) electrons. The lowest BCUT2D eigenvalue weighted by Gasteiger charge is -2.31. The van der Waals surface area contributed by atoms with E-state index >= 15 is 0 Å². The minimum atomic E-state index is -0.263. The molecule has 9 heteroatoms. The van der Waals surface area contributed by atoms with E-state index in [9.17, 15) is 5.11 Å². The van der Waals surface area contributed by atoms with Crippen LogP contribution in [0.2, 0.25) is 5.02 Å². The van der Waals surface area contributed by atoms with Crippen molar-refractivity contribution < 1.29 is 14.7 Å². The zero-order chi connectivity index (χ0) is 26.3. The number of halogens is 1. The van der Waals surface area contributed by atoms with Crippen molar-refractivity contribution in [1.82, 2.24) is 10.2 Å². The molecule has 0 bridgehead atoms. The first-order valence-electron chi connectivity index (χ1n) is 12.6. The number of oxime groups is 1. The standard InChI is InChI=1S/C29H30ClN5O3/c1-37-27-10-8-22(16-26(27)30)17-31-28-25-15-21(18-32-38-19-20-5-3-2-4-6-20)7-9-24(25)29(34-33-28)35-13-11-23(36)12-14-35/h2-10,15-16,18,23,36H,11-14,17,19H2,1H3,(H,31,33)/b32-18+. The topological polar surface area (TPSA) is 92.1 Å². The molecule has 2 heterocycles. The average Bonchev–Trinajstić information content (AvgIpc) is 2.95. The number of aromatic nitrogens is 2. The smallest absolute Gasteiger partial charge is 0.159 e. The number of nitrogens with one attached hydrogen (secondary N) is 1. The van der Waals surface area contributed by atoms with Crippen LogP contribution in [0.5, 0.6) is 5.75 Å². The van der Waals surface area contributed by atoms with Gasteiger partial charge in [-0.05, 0) is 53.8 Å². The summed E-state index contributed by atoms with van der Waals surface area (Å²) in [5.74, 6) is 2.11. The van der Waals surface area contributed by atoms with Gasteiger partial charge in [0, 0.05) is 30.4 Å². The number of anilines is 2. The number of nitrogens with zero attached hydrogens (tertiary/aromatic N) is 4. The zero-order valence-electron chi connectivity index (χ0n) is 21.2. The van der Waals surface area contributed by atoms with Crippen molar-refractivity contribution in [3.05, 3.63) is 88.4 Å². The first-order chi connectivity index (χ1) is 18.6. The third-order valence-corrected chi connectivity index (χ3v) is 6.87. The Bertz CT molecular complexity index is 1410. The van der Waals surface area contributed by atoms with E-state index in [1.165, 1.54) is 0 Å². The molecule has 1 fully saturated rings. The van der Waals surface area contributed by atoms with Crippen LogP contribution in [0.15, 0.2) is 71.9 Å². The van der Waals surface area contributed by atoms with Crippen molar-refractivity contribution in [1.29, 1.82) is 0 Å². The highest BCUT2D eigenvalue weighted by molar-refractivity contribution is 6.32. The van der Waals surface area contributed by atoms with Gasteiger partial charge in [-0.15, -0.1) is 10.2 Å². The Kier molecular flexibility index (Phi) is 8.21. The molecule has 5 rings (SSSR count). The van der Waals surface area contributed by atoms with Crippen molar-refractivity contribution >= 4 is 40.2 Å². The van der Waals surface area contributed by atoms with Crippen LogP contribution in [0.1, 0.15) is 29.5 Å². The number of ether oxygens (including phenoxy) is 1. The van der Waals surface area contributed by atoms with Gasteiger partial charge < -0.3 is 24.9 Å². The molecule has 4 aromatic rings. The third kappa shape index (κ3) is 6.15. The number of aliphatic hydroxyl groups excluding tert-OH is 1. The minimum absolute atomic E-state index is 0.263. The predicted octanol–water partition coefficient (Wildman–Crippen LogP) is 5.42. The minimum Gasteiger partial charge on any atom is -0.495 e.